The normalized spacial score (nSPS) is 12.4. The summed E-state index contributed by atoms with van der Waals surface area (Å²) in [5, 5.41) is 0.678. The van der Waals surface area contributed by atoms with Gasteiger partial charge in [0.15, 0.2) is 0 Å². The van der Waals surface area contributed by atoms with Crippen LogP contribution >= 0.6 is 23.4 Å². The van der Waals surface area contributed by atoms with Crippen LogP contribution in [-0.4, -0.2) is 6.04 Å². The third kappa shape index (κ3) is 4.23. The Balaban J connectivity index is 2.15. The molecule has 2 aromatic carbocycles. The predicted octanol–water partition coefficient (Wildman–Crippen LogP) is 4.52. The van der Waals surface area contributed by atoms with Gasteiger partial charge in [0.25, 0.3) is 0 Å². The third-order valence-corrected chi connectivity index (χ3v) is 3.91. The number of benzene rings is 2. The Hall–Kier alpha value is -1.03. The highest BCUT2D eigenvalue weighted by Gasteiger charge is 2.07. The molecule has 1 atom stereocenters. The van der Waals surface area contributed by atoms with Crippen LogP contribution < -0.4 is 5.73 Å². The number of nitrogens with two attached hydrogens (primary N) is 1. The molecule has 2 rings (SSSR count). The Labute approximate surface area is 122 Å². The zero-order valence-corrected chi connectivity index (χ0v) is 12.1. The highest BCUT2D eigenvalue weighted by Crippen LogP contribution is 2.31. The summed E-state index contributed by atoms with van der Waals surface area (Å²) in [5.74, 6) is -0.210. The first-order valence-corrected chi connectivity index (χ1v) is 7.21. The fourth-order valence-electron chi connectivity index (χ4n) is 1.76. The maximum atomic E-state index is 14.0. The van der Waals surface area contributed by atoms with Crippen LogP contribution in [0, 0.1) is 5.82 Å². The van der Waals surface area contributed by atoms with Gasteiger partial charge in [-0.15, -0.1) is 0 Å². The summed E-state index contributed by atoms with van der Waals surface area (Å²) in [4.78, 5) is 1.57. The minimum atomic E-state index is -0.210. The van der Waals surface area contributed by atoms with E-state index in [9.17, 15) is 4.39 Å². The van der Waals surface area contributed by atoms with E-state index in [1.54, 1.807) is 24.3 Å². The molecule has 0 saturated heterocycles. The van der Waals surface area contributed by atoms with Crippen molar-refractivity contribution in [1.82, 2.24) is 0 Å². The van der Waals surface area contributed by atoms with Gasteiger partial charge in [0.05, 0.1) is 0 Å². The quantitative estimate of drug-likeness (QED) is 0.897. The molecule has 0 aliphatic rings. The second kappa shape index (κ2) is 6.42. The maximum absolute atomic E-state index is 14.0. The van der Waals surface area contributed by atoms with Crippen LogP contribution in [0.3, 0.4) is 0 Å². The van der Waals surface area contributed by atoms with Gasteiger partial charge in [-0.25, -0.2) is 4.39 Å². The van der Waals surface area contributed by atoms with Crippen LogP contribution in [0.4, 0.5) is 4.39 Å². The summed E-state index contributed by atoms with van der Waals surface area (Å²) in [6.07, 6.45) is 0.683. The molecule has 2 N–H and O–H groups in total. The molecule has 0 aliphatic carbocycles. The van der Waals surface area contributed by atoms with Crippen LogP contribution in [0.25, 0.3) is 0 Å². The molecule has 0 fully saturated rings. The molecule has 4 heteroatoms. The van der Waals surface area contributed by atoms with Gasteiger partial charge in [0.1, 0.15) is 5.82 Å². The zero-order valence-electron chi connectivity index (χ0n) is 10.6. The van der Waals surface area contributed by atoms with Crippen molar-refractivity contribution < 1.29 is 4.39 Å². The fraction of sp³-hybridized carbons (Fsp3) is 0.200. The van der Waals surface area contributed by atoms with Crippen molar-refractivity contribution in [1.29, 1.82) is 0 Å². The molecule has 0 saturated carbocycles. The molecule has 100 valence electrons. The molecule has 1 unspecified atom stereocenters. The topological polar surface area (TPSA) is 26.0 Å². The van der Waals surface area contributed by atoms with E-state index in [2.05, 4.69) is 0 Å². The molecule has 0 bridgehead atoms. The minimum Gasteiger partial charge on any atom is -0.328 e. The molecule has 0 aromatic heterocycles. The third-order valence-electron chi connectivity index (χ3n) is 2.60. The van der Waals surface area contributed by atoms with Gasteiger partial charge in [0, 0.05) is 20.9 Å². The lowest BCUT2D eigenvalue weighted by Crippen LogP contribution is -2.17. The first kappa shape index (κ1) is 14.4. The van der Waals surface area contributed by atoms with E-state index in [4.69, 9.17) is 17.3 Å². The lowest BCUT2D eigenvalue weighted by Gasteiger charge is -2.08. The zero-order chi connectivity index (χ0) is 13.8. The number of hydrogen-bond acceptors (Lipinski definition) is 2. The first-order chi connectivity index (χ1) is 9.04. The van der Waals surface area contributed by atoms with Crippen LogP contribution in [0.2, 0.25) is 5.02 Å². The molecule has 0 aliphatic heterocycles. The van der Waals surface area contributed by atoms with Gasteiger partial charge in [-0.1, -0.05) is 29.4 Å². The molecule has 0 radical (unpaired) electrons. The number of halogens is 2. The van der Waals surface area contributed by atoms with E-state index < -0.39 is 0 Å². The lowest BCUT2D eigenvalue weighted by atomic mass is 10.1. The smallest absolute Gasteiger partial charge is 0.137 e. The summed E-state index contributed by atoms with van der Waals surface area (Å²) < 4.78 is 14.0. The summed E-state index contributed by atoms with van der Waals surface area (Å²) in [5.41, 5.74) is 6.63. The Morgan fingerprint density at radius 1 is 1.21 bits per heavy atom. The number of hydrogen-bond donors (Lipinski definition) is 1. The molecule has 0 spiro atoms. The van der Waals surface area contributed by atoms with Gasteiger partial charge in [-0.2, -0.15) is 0 Å². The Morgan fingerprint density at radius 3 is 2.47 bits per heavy atom. The van der Waals surface area contributed by atoms with Crippen molar-refractivity contribution in [3.63, 3.8) is 0 Å². The maximum Gasteiger partial charge on any atom is 0.137 e. The molecular formula is C15H15ClFNS. The van der Waals surface area contributed by atoms with Crippen molar-refractivity contribution in [3.8, 4) is 0 Å². The van der Waals surface area contributed by atoms with Gasteiger partial charge < -0.3 is 5.73 Å². The average Bonchev–Trinajstić information content (AvgIpc) is 2.34. The van der Waals surface area contributed by atoms with Crippen molar-refractivity contribution in [2.45, 2.75) is 29.2 Å². The van der Waals surface area contributed by atoms with Crippen LogP contribution in [0.15, 0.2) is 52.3 Å². The first-order valence-electron chi connectivity index (χ1n) is 6.02. The highest BCUT2D eigenvalue weighted by molar-refractivity contribution is 7.99. The van der Waals surface area contributed by atoms with Crippen molar-refractivity contribution in [2.24, 2.45) is 5.73 Å². The molecule has 2 aromatic rings. The van der Waals surface area contributed by atoms with Gasteiger partial charge >= 0.3 is 0 Å². The van der Waals surface area contributed by atoms with Gasteiger partial charge in [-0.05, 0) is 55.3 Å². The summed E-state index contributed by atoms with van der Waals surface area (Å²) in [6.45, 7) is 1.91. The molecule has 1 nitrogen and oxygen atoms in total. The number of rotatable bonds is 4. The van der Waals surface area contributed by atoms with Crippen molar-refractivity contribution in [2.75, 3.05) is 0 Å². The highest BCUT2D eigenvalue weighted by atomic mass is 35.5. The summed E-state index contributed by atoms with van der Waals surface area (Å²) >= 11 is 7.21. The Kier molecular flexibility index (Phi) is 4.86. The molecular weight excluding hydrogens is 281 g/mol. The van der Waals surface area contributed by atoms with Gasteiger partial charge in [-0.3, -0.25) is 0 Å². The SMILES string of the molecule is CC(N)Cc1ccc(Sc2ccc(Cl)cc2)c(F)c1. The van der Waals surface area contributed by atoms with Crippen molar-refractivity contribution in [3.05, 3.63) is 58.9 Å². The Morgan fingerprint density at radius 2 is 1.89 bits per heavy atom. The second-order valence-electron chi connectivity index (χ2n) is 4.50. The van der Waals surface area contributed by atoms with Crippen molar-refractivity contribution >= 4 is 23.4 Å². The van der Waals surface area contributed by atoms with E-state index in [1.807, 2.05) is 25.1 Å². The van der Waals surface area contributed by atoms with Gasteiger partial charge in [0.2, 0.25) is 0 Å². The van der Waals surface area contributed by atoms with E-state index in [1.165, 1.54) is 11.8 Å². The second-order valence-corrected chi connectivity index (χ2v) is 6.05. The molecule has 19 heavy (non-hydrogen) atoms. The van der Waals surface area contributed by atoms with E-state index in [0.29, 0.717) is 16.3 Å². The predicted molar refractivity (Wildman–Crippen MR) is 79.3 cm³/mol. The monoisotopic (exact) mass is 295 g/mol. The minimum absolute atomic E-state index is 0.0363. The Bertz CT molecular complexity index is 555. The van der Waals surface area contributed by atoms with E-state index >= 15 is 0 Å². The van der Waals surface area contributed by atoms with Crippen LogP contribution in [0.5, 0.6) is 0 Å². The lowest BCUT2D eigenvalue weighted by molar-refractivity contribution is 0.597. The van der Waals surface area contributed by atoms with Crippen LogP contribution in [0.1, 0.15) is 12.5 Å². The standard InChI is InChI=1S/C15H15ClFNS/c1-10(18)8-11-2-7-15(14(17)9-11)19-13-5-3-12(16)4-6-13/h2-7,9-10H,8,18H2,1H3. The molecule has 0 amide bonds. The van der Waals surface area contributed by atoms with E-state index in [0.717, 1.165) is 10.5 Å². The summed E-state index contributed by atoms with van der Waals surface area (Å²) in [6, 6.07) is 12.7. The molecule has 0 heterocycles. The fourth-order valence-corrected chi connectivity index (χ4v) is 2.70. The largest absolute Gasteiger partial charge is 0.328 e. The average molecular weight is 296 g/mol. The van der Waals surface area contributed by atoms with Crippen LogP contribution in [-0.2, 0) is 6.42 Å². The summed E-state index contributed by atoms with van der Waals surface area (Å²) in [7, 11) is 0. The van der Waals surface area contributed by atoms with E-state index in [-0.39, 0.29) is 11.9 Å².